The number of carboxylic acid groups (broad SMARTS) is 1. The largest absolute Gasteiger partial charge is 0.478 e. The van der Waals surface area contributed by atoms with Gasteiger partial charge in [-0.25, -0.2) is 10.2 Å². The molecule has 1 aliphatic rings. The molecule has 1 heterocycles. The highest BCUT2D eigenvalue weighted by atomic mass is 19.2. The smallest absolute Gasteiger partial charge is 0.360 e. The normalized spacial score (nSPS) is 22.0. The van der Waals surface area contributed by atoms with E-state index in [-0.39, 0.29) is 5.23 Å². The van der Waals surface area contributed by atoms with Crippen molar-refractivity contribution < 1.29 is 23.9 Å². The number of nitrogens with zero attached hydrogens (tertiary/aromatic N) is 2. The Bertz CT molecular complexity index is 551. The van der Waals surface area contributed by atoms with E-state index in [1.807, 2.05) is 0 Å². The Balaban J connectivity index is 2.12. The molecule has 8 heteroatoms. The maximum atomic E-state index is 14.0. The van der Waals surface area contributed by atoms with Gasteiger partial charge in [0, 0.05) is 24.1 Å². The van der Waals surface area contributed by atoms with E-state index in [4.69, 9.17) is 5.11 Å². The third-order valence-corrected chi connectivity index (χ3v) is 2.77. The maximum absolute atomic E-state index is 14.0. The van der Waals surface area contributed by atoms with Crippen molar-refractivity contribution in [3.63, 3.8) is 0 Å². The predicted molar refractivity (Wildman–Crippen MR) is 65.2 cm³/mol. The van der Waals surface area contributed by atoms with Crippen LogP contribution >= 0.6 is 0 Å². The molecule has 1 atom stereocenters. The first kappa shape index (κ1) is 14.0. The molecular weight excluding hydrogens is 269 g/mol. The van der Waals surface area contributed by atoms with Gasteiger partial charge >= 0.3 is 5.97 Å². The summed E-state index contributed by atoms with van der Waals surface area (Å²) in [5.41, 5.74) is 0.221. The highest BCUT2D eigenvalue weighted by Gasteiger charge is 2.51. The molecule has 0 saturated carbocycles. The molecule has 2 rings (SSSR count). The number of halogens is 1. The molecule has 0 aromatic heterocycles. The van der Waals surface area contributed by atoms with Crippen LogP contribution < -0.4 is 5.43 Å². The van der Waals surface area contributed by atoms with Crippen LogP contribution in [0.1, 0.15) is 10.4 Å². The number of aliphatic carboxylic acids is 1. The Morgan fingerprint density at radius 2 is 2.00 bits per heavy atom. The summed E-state index contributed by atoms with van der Waals surface area (Å²) in [5, 5.41) is 9.38. The van der Waals surface area contributed by atoms with Gasteiger partial charge in [0.05, 0.1) is 0 Å². The van der Waals surface area contributed by atoms with Gasteiger partial charge < -0.3 is 9.84 Å². The molecule has 0 spiro atoms. The number of hydrogen-bond acceptors (Lipinski definition) is 5. The first-order valence-corrected chi connectivity index (χ1v) is 5.60. The molecule has 20 heavy (non-hydrogen) atoms. The monoisotopic (exact) mass is 281 g/mol. The molecule has 106 valence electrons. The van der Waals surface area contributed by atoms with E-state index >= 15 is 0 Å². The molecule has 0 bridgehead atoms. The van der Waals surface area contributed by atoms with Gasteiger partial charge in [0.2, 0.25) is 0 Å². The number of carboxylic acids is 1. The van der Waals surface area contributed by atoms with Crippen LogP contribution in [0.4, 0.5) is 4.48 Å². The highest BCUT2D eigenvalue weighted by Crippen LogP contribution is 2.27. The first-order valence-electron chi connectivity index (χ1n) is 5.60. The van der Waals surface area contributed by atoms with Crippen molar-refractivity contribution in [2.75, 3.05) is 7.11 Å². The summed E-state index contributed by atoms with van der Waals surface area (Å²) >= 11 is 0. The van der Waals surface area contributed by atoms with Crippen molar-refractivity contribution in [3.8, 4) is 0 Å². The second kappa shape index (κ2) is 5.27. The minimum Gasteiger partial charge on any atom is -0.478 e. The Kier molecular flexibility index (Phi) is 3.68. The van der Waals surface area contributed by atoms with Gasteiger partial charge in [-0.2, -0.15) is 5.12 Å². The Morgan fingerprint density at radius 3 is 2.50 bits per heavy atom. The summed E-state index contributed by atoms with van der Waals surface area (Å²) in [6.45, 7) is 0. The molecule has 1 aliphatic heterocycles. The minimum absolute atomic E-state index is 0.226. The van der Waals surface area contributed by atoms with E-state index in [9.17, 15) is 14.1 Å². The Morgan fingerprint density at radius 1 is 1.35 bits per heavy atom. The van der Waals surface area contributed by atoms with Gasteiger partial charge in [0.25, 0.3) is 11.6 Å². The maximum Gasteiger partial charge on any atom is 0.360 e. The number of carbonyl (C=O) groups excluding carboxylic acids is 1. The van der Waals surface area contributed by atoms with Crippen molar-refractivity contribution in [3.05, 3.63) is 48.2 Å². The molecule has 1 aromatic carbocycles. The van der Waals surface area contributed by atoms with E-state index in [0.717, 1.165) is 19.4 Å². The summed E-state index contributed by atoms with van der Waals surface area (Å²) in [6, 6.07) is 8.11. The topological polar surface area (TPSA) is 82.1 Å². The van der Waals surface area contributed by atoms with Gasteiger partial charge in [0.15, 0.2) is 0 Å². The molecule has 2 N–H and O–H groups in total. The number of amides is 1. The van der Waals surface area contributed by atoms with Crippen molar-refractivity contribution in [1.82, 2.24) is 15.8 Å². The molecule has 0 saturated heterocycles. The van der Waals surface area contributed by atoms with E-state index < -0.39 is 17.6 Å². The lowest BCUT2D eigenvalue weighted by atomic mass is 10.2. The lowest BCUT2D eigenvalue weighted by Gasteiger charge is -2.30. The van der Waals surface area contributed by atoms with Crippen molar-refractivity contribution >= 4 is 11.9 Å². The van der Waals surface area contributed by atoms with Crippen LogP contribution in [-0.4, -0.2) is 40.2 Å². The lowest BCUT2D eigenvalue weighted by Crippen LogP contribution is -2.56. The van der Waals surface area contributed by atoms with Crippen LogP contribution in [0, 0.1) is 0 Å². The number of benzene rings is 1. The summed E-state index contributed by atoms with van der Waals surface area (Å²) in [6.07, 6.45) is 2.03. The molecule has 1 unspecified atom stereocenters. The molecular formula is C12H12FN3O4. The number of nitrogens with one attached hydrogen (secondary N) is 1. The summed E-state index contributed by atoms with van der Waals surface area (Å²) in [5.74, 6) is -2.13. The van der Waals surface area contributed by atoms with Gasteiger partial charge in [-0.3, -0.25) is 4.79 Å². The average Bonchev–Trinajstić information content (AvgIpc) is 2.78. The third-order valence-electron chi connectivity index (χ3n) is 2.77. The Hall–Kier alpha value is -2.45. The number of rotatable bonds is 4. The molecule has 1 aromatic rings. The average molecular weight is 281 g/mol. The zero-order chi connectivity index (χ0) is 14.8. The molecule has 0 fully saturated rings. The van der Waals surface area contributed by atoms with Crippen molar-refractivity contribution in [2.45, 2.75) is 5.72 Å². The fourth-order valence-corrected chi connectivity index (χ4v) is 1.67. The SMILES string of the molecule is COC1(C(=O)O)C=CN(NC(=O)c2ccccc2)N1F. The fourth-order valence-electron chi connectivity index (χ4n) is 1.67. The summed E-state index contributed by atoms with van der Waals surface area (Å²) in [7, 11) is 1.05. The lowest BCUT2D eigenvalue weighted by molar-refractivity contribution is -0.276. The van der Waals surface area contributed by atoms with Crippen LogP contribution in [0.3, 0.4) is 0 Å². The minimum atomic E-state index is -2.29. The van der Waals surface area contributed by atoms with Crippen LogP contribution in [0.5, 0.6) is 0 Å². The van der Waals surface area contributed by atoms with Gasteiger partial charge in [0.1, 0.15) is 0 Å². The third kappa shape index (κ3) is 2.22. The van der Waals surface area contributed by atoms with E-state index in [0.29, 0.717) is 10.7 Å². The molecule has 1 amide bonds. The van der Waals surface area contributed by atoms with Gasteiger partial charge in [-0.1, -0.05) is 18.2 Å². The van der Waals surface area contributed by atoms with Crippen molar-refractivity contribution in [2.24, 2.45) is 0 Å². The van der Waals surface area contributed by atoms with Crippen LogP contribution in [-0.2, 0) is 9.53 Å². The fraction of sp³-hybridized carbons (Fsp3) is 0.167. The molecule has 7 nitrogen and oxygen atoms in total. The second-order valence-corrected chi connectivity index (χ2v) is 3.93. The number of hydrogen-bond donors (Lipinski definition) is 2. The standard InChI is InChI=1S/C12H12FN3O4/c1-20-12(11(18)19)7-8-15(16(12)13)14-10(17)9-5-3-2-4-6-9/h2-8H,1H3,(H,14,17)(H,18,19). The molecule has 0 radical (unpaired) electrons. The van der Waals surface area contributed by atoms with Crippen LogP contribution in [0.2, 0.25) is 0 Å². The number of hydrazine groups is 2. The number of ether oxygens (including phenoxy) is 1. The second-order valence-electron chi connectivity index (χ2n) is 3.93. The van der Waals surface area contributed by atoms with Crippen LogP contribution in [0.15, 0.2) is 42.6 Å². The summed E-state index contributed by atoms with van der Waals surface area (Å²) < 4.78 is 18.7. The highest BCUT2D eigenvalue weighted by molar-refractivity contribution is 5.93. The predicted octanol–water partition coefficient (Wildman–Crippen LogP) is 0.689. The quantitative estimate of drug-likeness (QED) is 0.790. The Labute approximate surface area is 113 Å². The van der Waals surface area contributed by atoms with Crippen molar-refractivity contribution in [1.29, 1.82) is 0 Å². The van der Waals surface area contributed by atoms with Crippen LogP contribution in [0.25, 0.3) is 0 Å². The van der Waals surface area contributed by atoms with Gasteiger partial charge in [-0.05, 0) is 18.2 Å². The number of carbonyl (C=O) groups is 2. The first-order chi connectivity index (χ1) is 9.51. The molecule has 0 aliphatic carbocycles. The zero-order valence-corrected chi connectivity index (χ0v) is 10.5. The number of methoxy groups -OCH3 is 1. The van der Waals surface area contributed by atoms with E-state index in [1.54, 1.807) is 30.3 Å². The van der Waals surface area contributed by atoms with Gasteiger partial charge in [-0.15, -0.1) is 4.48 Å². The zero-order valence-electron chi connectivity index (χ0n) is 10.5. The van der Waals surface area contributed by atoms with E-state index in [1.165, 1.54) is 0 Å². The summed E-state index contributed by atoms with van der Waals surface area (Å²) in [4.78, 5) is 22.9. The van der Waals surface area contributed by atoms with E-state index in [2.05, 4.69) is 10.2 Å².